The third-order valence-electron chi connectivity index (χ3n) is 3.02. The Morgan fingerprint density at radius 1 is 1.46 bits per heavy atom. The van der Waals surface area contributed by atoms with Crippen LogP contribution in [0.3, 0.4) is 0 Å². The molecule has 1 heterocycles. The minimum atomic E-state index is 0.0964. The first-order valence-corrected chi connectivity index (χ1v) is 5.07. The van der Waals surface area contributed by atoms with E-state index in [1.165, 1.54) is 0 Å². The first-order valence-electron chi connectivity index (χ1n) is 5.07. The van der Waals surface area contributed by atoms with Gasteiger partial charge in [-0.05, 0) is 25.7 Å². The summed E-state index contributed by atoms with van der Waals surface area (Å²) in [4.78, 5) is 13.3. The van der Waals surface area contributed by atoms with Gasteiger partial charge in [0.05, 0.1) is 0 Å². The van der Waals surface area contributed by atoms with Crippen molar-refractivity contribution in [3.05, 3.63) is 0 Å². The summed E-state index contributed by atoms with van der Waals surface area (Å²) >= 11 is 0. The fraction of sp³-hybridized carbons (Fsp3) is 0.889. The van der Waals surface area contributed by atoms with E-state index in [0.29, 0.717) is 12.1 Å². The van der Waals surface area contributed by atoms with E-state index < -0.39 is 0 Å². The second kappa shape index (κ2) is 3.54. The van der Waals surface area contributed by atoms with Crippen molar-refractivity contribution in [1.29, 1.82) is 0 Å². The molecule has 74 valence electrons. The molecule has 0 aromatic carbocycles. The van der Waals surface area contributed by atoms with E-state index in [0.717, 1.165) is 38.8 Å². The lowest BCUT2D eigenvalue weighted by atomic mass is 9.91. The van der Waals surface area contributed by atoms with Crippen molar-refractivity contribution >= 4 is 6.03 Å². The molecule has 0 aromatic rings. The summed E-state index contributed by atoms with van der Waals surface area (Å²) in [6.07, 6.45) is 4.39. The number of hydrogen-bond donors (Lipinski definition) is 2. The zero-order chi connectivity index (χ0) is 9.26. The highest BCUT2D eigenvalue weighted by Gasteiger charge is 2.30. The smallest absolute Gasteiger partial charge is 0.317 e. The van der Waals surface area contributed by atoms with Gasteiger partial charge in [-0.1, -0.05) is 0 Å². The van der Waals surface area contributed by atoms with Crippen LogP contribution in [0.25, 0.3) is 0 Å². The fourth-order valence-corrected chi connectivity index (χ4v) is 2.32. The molecule has 1 aliphatic carbocycles. The van der Waals surface area contributed by atoms with E-state index in [1.54, 1.807) is 0 Å². The van der Waals surface area contributed by atoms with E-state index in [1.807, 2.05) is 4.90 Å². The molecule has 1 saturated carbocycles. The molecule has 4 heteroatoms. The van der Waals surface area contributed by atoms with Crippen LogP contribution in [0.15, 0.2) is 0 Å². The van der Waals surface area contributed by atoms with Gasteiger partial charge in [0.2, 0.25) is 0 Å². The number of nitrogens with zero attached hydrogens (tertiary/aromatic N) is 1. The summed E-state index contributed by atoms with van der Waals surface area (Å²) in [7, 11) is 0. The largest absolute Gasteiger partial charge is 0.336 e. The first kappa shape index (κ1) is 8.81. The average molecular weight is 183 g/mol. The third kappa shape index (κ3) is 1.77. The number of urea groups is 1. The van der Waals surface area contributed by atoms with Crippen LogP contribution in [0.4, 0.5) is 4.79 Å². The van der Waals surface area contributed by atoms with Crippen LogP contribution in [0, 0.1) is 0 Å². The van der Waals surface area contributed by atoms with Crippen LogP contribution < -0.4 is 11.1 Å². The van der Waals surface area contributed by atoms with Gasteiger partial charge in [0, 0.05) is 25.2 Å². The third-order valence-corrected chi connectivity index (χ3v) is 3.02. The second-order valence-electron chi connectivity index (χ2n) is 4.01. The summed E-state index contributed by atoms with van der Waals surface area (Å²) in [6, 6.07) is 0.789. The van der Waals surface area contributed by atoms with Gasteiger partial charge in [0.25, 0.3) is 0 Å². The number of carbonyl (C=O) groups excluding carboxylic acids is 1. The lowest BCUT2D eigenvalue weighted by Crippen LogP contribution is -2.44. The Bertz CT molecular complexity index is 207. The summed E-state index contributed by atoms with van der Waals surface area (Å²) in [5.41, 5.74) is 5.88. The molecule has 2 unspecified atom stereocenters. The molecule has 2 fully saturated rings. The zero-order valence-electron chi connectivity index (χ0n) is 7.83. The summed E-state index contributed by atoms with van der Waals surface area (Å²) in [5.74, 6) is 0. The van der Waals surface area contributed by atoms with Gasteiger partial charge in [0.1, 0.15) is 0 Å². The molecule has 0 radical (unpaired) electrons. The molecule has 2 atom stereocenters. The fourth-order valence-electron chi connectivity index (χ4n) is 2.32. The number of nitrogens with one attached hydrogen (secondary N) is 1. The molecule has 2 aliphatic rings. The van der Waals surface area contributed by atoms with Crippen molar-refractivity contribution in [2.45, 2.75) is 37.8 Å². The first-order chi connectivity index (χ1) is 6.27. The quantitative estimate of drug-likeness (QED) is 0.613. The maximum atomic E-state index is 11.4. The van der Waals surface area contributed by atoms with E-state index in [9.17, 15) is 4.79 Å². The second-order valence-corrected chi connectivity index (χ2v) is 4.01. The van der Waals surface area contributed by atoms with Gasteiger partial charge in [-0.25, -0.2) is 4.79 Å². The van der Waals surface area contributed by atoms with Crippen LogP contribution in [0.2, 0.25) is 0 Å². The number of nitrogens with two attached hydrogens (primary N) is 1. The standard InChI is InChI=1S/C9H17N3O/c10-7-2-1-3-8(6-7)12-5-4-11-9(12)13/h7-8H,1-6,10H2,(H,11,13). The highest BCUT2D eigenvalue weighted by molar-refractivity contribution is 5.76. The van der Waals surface area contributed by atoms with Gasteiger partial charge in [-0.2, -0.15) is 0 Å². The van der Waals surface area contributed by atoms with Crippen molar-refractivity contribution in [2.75, 3.05) is 13.1 Å². The Hall–Kier alpha value is -0.770. The Kier molecular flexibility index (Phi) is 2.40. The van der Waals surface area contributed by atoms with E-state index in [2.05, 4.69) is 5.32 Å². The Morgan fingerprint density at radius 2 is 2.31 bits per heavy atom. The van der Waals surface area contributed by atoms with Crippen LogP contribution >= 0.6 is 0 Å². The molecule has 1 saturated heterocycles. The Morgan fingerprint density at radius 3 is 2.92 bits per heavy atom. The predicted octanol–water partition coefficient (Wildman–Crippen LogP) is 0.281. The van der Waals surface area contributed by atoms with E-state index in [-0.39, 0.29) is 6.03 Å². The molecule has 0 aromatic heterocycles. The van der Waals surface area contributed by atoms with Gasteiger partial charge < -0.3 is 16.0 Å². The van der Waals surface area contributed by atoms with E-state index in [4.69, 9.17) is 5.73 Å². The topological polar surface area (TPSA) is 58.4 Å². The highest BCUT2D eigenvalue weighted by Crippen LogP contribution is 2.22. The number of rotatable bonds is 1. The molecule has 1 aliphatic heterocycles. The van der Waals surface area contributed by atoms with Crippen molar-refractivity contribution < 1.29 is 4.79 Å². The average Bonchev–Trinajstić information content (AvgIpc) is 2.51. The van der Waals surface area contributed by atoms with Gasteiger partial charge in [0.15, 0.2) is 0 Å². The SMILES string of the molecule is NC1CCCC(N2CCNC2=O)C1. The lowest BCUT2D eigenvalue weighted by molar-refractivity contribution is 0.174. The van der Waals surface area contributed by atoms with Crippen LogP contribution in [-0.2, 0) is 0 Å². The number of hydrogen-bond acceptors (Lipinski definition) is 2. The van der Waals surface area contributed by atoms with Crippen molar-refractivity contribution in [1.82, 2.24) is 10.2 Å². The molecule has 13 heavy (non-hydrogen) atoms. The van der Waals surface area contributed by atoms with Crippen molar-refractivity contribution in [3.8, 4) is 0 Å². The maximum Gasteiger partial charge on any atom is 0.317 e. The molecule has 0 bridgehead atoms. The lowest BCUT2D eigenvalue weighted by Gasteiger charge is -2.32. The van der Waals surface area contributed by atoms with Crippen LogP contribution in [0.1, 0.15) is 25.7 Å². The van der Waals surface area contributed by atoms with Crippen molar-refractivity contribution in [2.24, 2.45) is 5.73 Å². The predicted molar refractivity (Wildman–Crippen MR) is 50.3 cm³/mol. The molecule has 3 N–H and O–H groups in total. The molecule has 2 rings (SSSR count). The summed E-state index contributed by atoms with van der Waals surface area (Å²) in [6.45, 7) is 1.65. The molecule has 0 spiro atoms. The van der Waals surface area contributed by atoms with Crippen molar-refractivity contribution in [3.63, 3.8) is 0 Å². The molecule has 4 nitrogen and oxygen atoms in total. The minimum Gasteiger partial charge on any atom is -0.336 e. The van der Waals surface area contributed by atoms with Crippen LogP contribution in [-0.4, -0.2) is 36.1 Å². The van der Waals surface area contributed by atoms with Crippen LogP contribution in [0.5, 0.6) is 0 Å². The summed E-state index contributed by atoms with van der Waals surface area (Å²) < 4.78 is 0. The number of carbonyl (C=O) groups is 1. The van der Waals surface area contributed by atoms with E-state index >= 15 is 0 Å². The zero-order valence-corrected chi connectivity index (χ0v) is 7.83. The Labute approximate surface area is 78.5 Å². The maximum absolute atomic E-state index is 11.4. The van der Waals surface area contributed by atoms with Gasteiger partial charge >= 0.3 is 6.03 Å². The molecular weight excluding hydrogens is 166 g/mol. The molecular formula is C9H17N3O. The normalized spacial score (nSPS) is 34.8. The van der Waals surface area contributed by atoms with Gasteiger partial charge in [-0.3, -0.25) is 0 Å². The van der Waals surface area contributed by atoms with Gasteiger partial charge in [-0.15, -0.1) is 0 Å². The monoisotopic (exact) mass is 183 g/mol. The Balaban J connectivity index is 1.95. The number of amides is 2. The summed E-state index contributed by atoms with van der Waals surface area (Å²) in [5, 5.41) is 2.83. The minimum absolute atomic E-state index is 0.0964. The highest BCUT2D eigenvalue weighted by atomic mass is 16.2. The molecule has 2 amide bonds.